The molecule has 110 valence electrons. The summed E-state index contributed by atoms with van der Waals surface area (Å²) in [6.07, 6.45) is 2.20. The molecule has 0 bridgehead atoms. The zero-order valence-corrected chi connectivity index (χ0v) is 13.6. The smallest absolute Gasteiger partial charge is 0.326 e. The van der Waals surface area contributed by atoms with Gasteiger partial charge in [0.15, 0.2) is 0 Å². The number of carbonyl (C=O) groups excluding carboxylic acids is 1. The summed E-state index contributed by atoms with van der Waals surface area (Å²) in [6.45, 7) is 0. The molecule has 1 atom stereocenters. The molecule has 1 aromatic carbocycles. The van der Waals surface area contributed by atoms with Crippen molar-refractivity contribution in [2.24, 2.45) is 0 Å². The molecule has 0 aliphatic carbocycles. The van der Waals surface area contributed by atoms with Crippen LogP contribution in [0.15, 0.2) is 18.2 Å². The van der Waals surface area contributed by atoms with Gasteiger partial charge in [-0.05, 0) is 59.2 Å². The van der Waals surface area contributed by atoms with Crippen molar-refractivity contribution in [3.05, 3.63) is 27.6 Å². The Balaban J connectivity index is 2.63. The van der Waals surface area contributed by atoms with E-state index < -0.39 is 23.9 Å². The molecule has 0 saturated carbocycles. The maximum Gasteiger partial charge on any atom is 0.326 e. The summed E-state index contributed by atoms with van der Waals surface area (Å²) in [4.78, 5) is 22.7. The van der Waals surface area contributed by atoms with Crippen LogP contribution in [0.1, 0.15) is 6.42 Å². The molecule has 0 aliphatic rings. The van der Waals surface area contributed by atoms with Gasteiger partial charge in [0, 0.05) is 3.57 Å². The van der Waals surface area contributed by atoms with Crippen LogP contribution >= 0.6 is 34.4 Å². The van der Waals surface area contributed by atoms with Crippen molar-refractivity contribution >= 4 is 52.0 Å². The van der Waals surface area contributed by atoms with Gasteiger partial charge < -0.3 is 15.7 Å². The van der Waals surface area contributed by atoms with Crippen molar-refractivity contribution in [1.82, 2.24) is 5.32 Å². The standard InChI is InChI=1S/C12H14FIN2O3S/c1-20-5-4-10(11(17)18)16-12(19)15-9-3-2-7(13)6-8(9)14/h2-3,6,10H,4-5H2,1H3,(H,17,18)(H2,15,16,19). The number of carboxylic acid groups (broad SMARTS) is 1. The Labute approximate surface area is 133 Å². The fourth-order valence-corrected chi connectivity index (χ4v) is 2.48. The van der Waals surface area contributed by atoms with E-state index in [1.165, 1.54) is 30.0 Å². The summed E-state index contributed by atoms with van der Waals surface area (Å²) in [5.74, 6) is -0.850. The molecule has 2 amide bonds. The Bertz CT molecular complexity index is 502. The third-order valence-electron chi connectivity index (χ3n) is 2.39. The Hall–Kier alpha value is -1.03. The lowest BCUT2D eigenvalue weighted by Gasteiger charge is -2.15. The SMILES string of the molecule is CSCCC(NC(=O)Nc1ccc(F)cc1I)C(=O)O. The molecule has 0 aliphatic heterocycles. The van der Waals surface area contributed by atoms with Gasteiger partial charge in [0.2, 0.25) is 0 Å². The van der Waals surface area contributed by atoms with Crippen molar-refractivity contribution < 1.29 is 19.1 Å². The summed E-state index contributed by atoms with van der Waals surface area (Å²) < 4.78 is 13.5. The number of amides is 2. The Morgan fingerprint density at radius 2 is 2.20 bits per heavy atom. The number of anilines is 1. The molecule has 0 spiro atoms. The van der Waals surface area contributed by atoms with Crippen LogP contribution in [0.4, 0.5) is 14.9 Å². The minimum atomic E-state index is -1.08. The summed E-state index contributed by atoms with van der Waals surface area (Å²) in [6, 6.07) is 2.36. The van der Waals surface area contributed by atoms with E-state index in [9.17, 15) is 14.0 Å². The second kappa shape index (κ2) is 8.30. The minimum absolute atomic E-state index is 0.338. The first-order valence-corrected chi connectivity index (χ1v) is 8.15. The minimum Gasteiger partial charge on any atom is -0.480 e. The van der Waals surface area contributed by atoms with Crippen molar-refractivity contribution in [3.63, 3.8) is 0 Å². The molecule has 1 rings (SSSR count). The third-order valence-corrected chi connectivity index (χ3v) is 3.93. The van der Waals surface area contributed by atoms with E-state index in [1.54, 1.807) is 0 Å². The molecule has 1 aromatic rings. The second-order valence-corrected chi connectivity index (χ2v) is 6.04. The van der Waals surface area contributed by atoms with Gasteiger partial charge in [-0.2, -0.15) is 11.8 Å². The second-order valence-electron chi connectivity index (χ2n) is 3.89. The number of rotatable bonds is 6. The highest BCUT2D eigenvalue weighted by Crippen LogP contribution is 2.18. The first kappa shape index (κ1) is 17.0. The summed E-state index contributed by atoms with van der Waals surface area (Å²) >= 11 is 3.39. The molecular weight excluding hydrogens is 398 g/mol. The highest BCUT2D eigenvalue weighted by molar-refractivity contribution is 14.1. The Morgan fingerprint density at radius 3 is 2.75 bits per heavy atom. The monoisotopic (exact) mass is 412 g/mol. The van der Waals surface area contributed by atoms with Gasteiger partial charge >= 0.3 is 12.0 Å². The first-order valence-electron chi connectivity index (χ1n) is 5.68. The van der Waals surface area contributed by atoms with Crippen molar-refractivity contribution in [3.8, 4) is 0 Å². The Kier molecular flexibility index (Phi) is 7.06. The number of carbonyl (C=O) groups is 2. The van der Waals surface area contributed by atoms with Crippen LogP contribution in [0, 0.1) is 9.39 Å². The number of aliphatic carboxylic acids is 1. The number of urea groups is 1. The highest BCUT2D eigenvalue weighted by Gasteiger charge is 2.19. The molecule has 0 fully saturated rings. The predicted molar refractivity (Wildman–Crippen MR) is 85.7 cm³/mol. The molecule has 5 nitrogen and oxygen atoms in total. The fourth-order valence-electron chi connectivity index (χ4n) is 1.40. The van der Waals surface area contributed by atoms with Gasteiger partial charge in [0.05, 0.1) is 5.69 Å². The van der Waals surface area contributed by atoms with E-state index in [1.807, 2.05) is 28.8 Å². The average molecular weight is 412 g/mol. The summed E-state index contributed by atoms with van der Waals surface area (Å²) in [7, 11) is 0. The topological polar surface area (TPSA) is 78.4 Å². The van der Waals surface area contributed by atoms with E-state index in [4.69, 9.17) is 5.11 Å². The highest BCUT2D eigenvalue weighted by atomic mass is 127. The van der Waals surface area contributed by atoms with Crippen LogP contribution in [-0.2, 0) is 4.79 Å². The fraction of sp³-hybridized carbons (Fsp3) is 0.333. The number of nitrogens with one attached hydrogen (secondary N) is 2. The number of thioether (sulfide) groups is 1. The van der Waals surface area contributed by atoms with E-state index in [0.717, 1.165) is 0 Å². The van der Waals surface area contributed by atoms with Crippen LogP contribution in [0.25, 0.3) is 0 Å². The molecule has 0 aromatic heterocycles. The van der Waals surface area contributed by atoms with Gasteiger partial charge in [-0.1, -0.05) is 0 Å². The van der Waals surface area contributed by atoms with Crippen LogP contribution < -0.4 is 10.6 Å². The predicted octanol–water partition coefficient (Wildman–Crippen LogP) is 2.76. The molecule has 8 heteroatoms. The van der Waals surface area contributed by atoms with E-state index in [2.05, 4.69) is 10.6 Å². The number of halogens is 2. The zero-order valence-electron chi connectivity index (χ0n) is 10.7. The van der Waals surface area contributed by atoms with Gasteiger partial charge in [0.1, 0.15) is 11.9 Å². The number of hydrogen-bond acceptors (Lipinski definition) is 3. The summed E-state index contributed by atoms with van der Waals surface area (Å²) in [5.41, 5.74) is 0.429. The van der Waals surface area contributed by atoms with Gasteiger partial charge in [0.25, 0.3) is 0 Å². The molecule has 20 heavy (non-hydrogen) atoms. The normalized spacial score (nSPS) is 11.8. The quantitative estimate of drug-likeness (QED) is 0.628. The first-order chi connectivity index (χ1) is 9.43. The van der Waals surface area contributed by atoms with Gasteiger partial charge in [-0.3, -0.25) is 0 Å². The van der Waals surface area contributed by atoms with Crippen molar-refractivity contribution in [2.75, 3.05) is 17.3 Å². The largest absolute Gasteiger partial charge is 0.480 e. The lowest BCUT2D eigenvalue weighted by molar-refractivity contribution is -0.139. The molecule has 0 heterocycles. The molecule has 0 radical (unpaired) electrons. The summed E-state index contributed by atoms with van der Waals surface area (Å²) in [5, 5.41) is 13.9. The van der Waals surface area contributed by atoms with Crippen molar-refractivity contribution in [1.29, 1.82) is 0 Å². The number of carboxylic acids is 1. The zero-order chi connectivity index (χ0) is 15.1. The third kappa shape index (κ3) is 5.53. The molecule has 0 saturated heterocycles. The van der Waals surface area contributed by atoms with Gasteiger partial charge in [-0.25, -0.2) is 14.0 Å². The van der Waals surface area contributed by atoms with E-state index in [-0.39, 0.29) is 0 Å². The van der Waals surface area contributed by atoms with E-state index >= 15 is 0 Å². The van der Waals surface area contributed by atoms with Crippen LogP contribution in [-0.4, -0.2) is 35.2 Å². The molecule has 1 unspecified atom stereocenters. The molecule has 3 N–H and O–H groups in total. The lowest BCUT2D eigenvalue weighted by Crippen LogP contribution is -2.43. The van der Waals surface area contributed by atoms with Crippen molar-refractivity contribution in [2.45, 2.75) is 12.5 Å². The van der Waals surface area contributed by atoms with Crippen LogP contribution in [0.3, 0.4) is 0 Å². The lowest BCUT2D eigenvalue weighted by atomic mass is 10.2. The molecular formula is C12H14FIN2O3S. The van der Waals surface area contributed by atoms with Gasteiger partial charge in [-0.15, -0.1) is 0 Å². The maximum atomic E-state index is 12.9. The van der Waals surface area contributed by atoms with Crippen LogP contribution in [0.2, 0.25) is 0 Å². The van der Waals surface area contributed by atoms with E-state index in [0.29, 0.717) is 21.4 Å². The average Bonchev–Trinajstić information content (AvgIpc) is 2.37. The number of benzene rings is 1. The number of hydrogen-bond donors (Lipinski definition) is 3. The Morgan fingerprint density at radius 1 is 1.50 bits per heavy atom. The maximum absolute atomic E-state index is 12.9. The van der Waals surface area contributed by atoms with Crippen LogP contribution in [0.5, 0.6) is 0 Å².